The van der Waals surface area contributed by atoms with Crippen molar-refractivity contribution in [1.29, 1.82) is 0 Å². The lowest BCUT2D eigenvalue weighted by Crippen LogP contribution is -2.56. The van der Waals surface area contributed by atoms with Crippen LogP contribution in [0.3, 0.4) is 0 Å². The summed E-state index contributed by atoms with van der Waals surface area (Å²) in [5.74, 6) is 0. The fourth-order valence-electron chi connectivity index (χ4n) is 3.35. The Bertz CT molecular complexity index is 457. The first-order valence-electron chi connectivity index (χ1n) is 7.57. The van der Waals surface area contributed by atoms with E-state index in [4.69, 9.17) is 0 Å². The SMILES string of the molecule is C[Si]1(C)Cc2cc([Si](C)(C)C)c([Si](C)(C)C)cc2C1. The molecule has 0 nitrogen and oxygen atoms in total. The highest BCUT2D eigenvalue weighted by Gasteiger charge is 2.34. The molecule has 0 aliphatic carbocycles. The zero-order chi connectivity index (χ0) is 14.6. The molecular weight excluding hydrogens is 276 g/mol. The zero-order valence-electron chi connectivity index (χ0n) is 14.1. The van der Waals surface area contributed by atoms with Crippen molar-refractivity contribution in [2.75, 3.05) is 0 Å². The van der Waals surface area contributed by atoms with Crippen molar-refractivity contribution in [1.82, 2.24) is 0 Å². The molecule has 0 radical (unpaired) electrons. The second kappa shape index (κ2) is 4.43. The van der Waals surface area contributed by atoms with Crippen molar-refractivity contribution in [2.24, 2.45) is 0 Å². The van der Waals surface area contributed by atoms with Crippen molar-refractivity contribution in [3.8, 4) is 0 Å². The van der Waals surface area contributed by atoms with E-state index in [1.54, 1.807) is 21.5 Å². The summed E-state index contributed by atoms with van der Waals surface area (Å²) in [5.41, 5.74) is 3.41. The molecule has 1 aliphatic heterocycles. The van der Waals surface area contributed by atoms with Crippen molar-refractivity contribution in [3.63, 3.8) is 0 Å². The number of hydrogen-bond donors (Lipinski definition) is 0. The Balaban J connectivity index is 2.63. The van der Waals surface area contributed by atoms with E-state index in [1.165, 1.54) is 12.1 Å². The molecule has 3 heteroatoms. The summed E-state index contributed by atoms with van der Waals surface area (Å²) in [6.07, 6.45) is 0. The lowest BCUT2D eigenvalue weighted by atomic mass is 10.1. The molecule has 1 aliphatic rings. The Morgan fingerprint density at radius 3 is 1.32 bits per heavy atom. The second-order valence-electron chi connectivity index (χ2n) is 9.18. The van der Waals surface area contributed by atoms with Crippen molar-refractivity contribution < 1.29 is 0 Å². The van der Waals surface area contributed by atoms with Gasteiger partial charge in [-0.05, 0) is 23.2 Å². The van der Waals surface area contributed by atoms with Crippen LogP contribution in [-0.2, 0) is 12.1 Å². The van der Waals surface area contributed by atoms with Crippen molar-refractivity contribution in [2.45, 2.75) is 64.5 Å². The highest BCUT2D eigenvalue weighted by molar-refractivity contribution is 6.98. The number of rotatable bonds is 2. The number of fused-ring (bicyclic) bond motifs is 1. The Morgan fingerprint density at radius 2 is 1.05 bits per heavy atom. The summed E-state index contributed by atoms with van der Waals surface area (Å²) in [4.78, 5) is 0. The Kier molecular flexibility index (Phi) is 3.56. The van der Waals surface area contributed by atoms with Gasteiger partial charge in [0.2, 0.25) is 0 Å². The fraction of sp³-hybridized carbons (Fsp3) is 0.625. The molecule has 0 atom stereocenters. The third kappa shape index (κ3) is 3.14. The monoisotopic (exact) mass is 306 g/mol. The van der Waals surface area contributed by atoms with Gasteiger partial charge in [-0.3, -0.25) is 0 Å². The summed E-state index contributed by atoms with van der Waals surface area (Å²) >= 11 is 0. The molecule has 1 aromatic carbocycles. The molecule has 0 amide bonds. The summed E-state index contributed by atoms with van der Waals surface area (Å²) in [7, 11) is -3.43. The van der Waals surface area contributed by atoms with E-state index in [2.05, 4.69) is 64.5 Å². The first-order valence-corrected chi connectivity index (χ1v) is 18.0. The van der Waals surface area contributed by atoms with E-state index in [0.717, 1.165) is 0 Å². The summed E-state index contributed by atoms with van der Waals surface area (Å²) in [5, 5.41) is 3.52. The summed E-state index contributed by atoms with van der Waals surface area (Å²) < 4.78 is 0. The van der Waals surface area contributed by atoms with Gasteiger partial charge in [-0.1, -0.05) is 74.9 Å². The van der Waals surface area contributed by atoms with Gasteiger partial charge in [-0.2, -0.15) is 0 Å². The average molecular weight is 307 g/mol. The molecule has 0 bridgehead atoms. The molecular formula is C16H30Si3. The van der Waals surface area contributed by atoms with Crippen LogP contribution in [-0.4, -0.2) is 24.2 Å². The van der Waals surface area contributed by atoms with E-state index in [1.807, 2.05) is 0 Å². The van der Waals surface area contributed by atoms with E-state index >= 15 is 0 Å². The molecule has 0 unspecified atom stereocenters. The van der Waals surface area contributed by atoms with Gasteiger partial charge < -0.3 is 0 Å². The second-order valence-corrected chi connectivity index (χ2v) is 24.3. The largest absolute Gasteiger partial charge is 0.0774 e. The van der Waals surface area contributed by atoms with E-state index < -0.39 is 24.2 Å². The van der Waals surface area contributed by atoms with Gasteiger partial charge in [0.05, 0.1) is 24.2 Å². The van der Waals surface area contributed by atoms with Crippen LogP contribution >= 0.6 is 0 Å². The Labute approximate surface area is 122 Å². The van der Waals surface area contributed by atoms with Crippen LogP contribution in [0.5, 0.6) is 0 Å². The van der Waals surface area contributed by atoms with Crippen LogP contribution in [0.15, 0.2) is 12.1 Å². The highest BCUT2D eigenvalue weighted by atomic mass is 28.3. The van der Waals surface area contributed by atoms with E-state index in [-0.39, 0.29) is 0 Å². The molecule has 0 saturated carbocycles. The number of hydrogen-bond acceptors (Lipinski definition) is 0. The summed E-state index contributed by atoms with van der Waals surface area (Å²) in [6, 6.07) is 8.09. The van der Waals surface area contributed by atoms with Gasteiger partial charge in [0.25, 0.3) is 0 Å². The normalized spacial score (nSPS) is 18.5. The highest BCUT2D eigenvalue weighted by Crippen LogP contribution is 2.28. The minimum Gasteiger partial charge on any atom is -0.0689 e. The van der Waals surface area contributed by atoms with Gasteiger partial charge in [0, 0.05) is 0 Å². The van der Waals surface area contributed by atoms with Gasteiger partial charge in [0.1, 0.15) is 0 Å². The third-order valence-electron chi connectivity index (χ3n) is 4.29. The van der Waals surface area contributed by atoms with Crippen LogP contribution in [0.25, 0.3) is 0 Å². The Morgan fingerprint density at radius 1 is 0.737 bits per heavy atom. The first-order chi connectivity index (χ1) is 8.40. The quantitative estimate of drug-likeness (QED) is 0.732. The third-order valence-corrected chi connectivity index (χ3v) is 11.3. The molecule has 1 heterocycles. The molecule has 1 aromatic rings. The van der Waals surface area contributed by atoms with Crippen LogP contribution < -0.4 is 10.4 Å². The first kappa shape index (κ1) is 15.3. The van der Waals surface area contributed by atoms with Crippen LogP contribution in [0.4, 0.5) is 0 Å². The zero-order valence-corrected chi connectivity index (χ0v) is 17.1. The predicted octanol–water partition coefficient (Wildman–Crippen LogP) is 3.66. The molecule has 0 N–H and O–H groups in total. The maximum atomic E-state index is 2.64. The van der Waals surface area contributed by atoms with Crippen LogP contribution in [0.1, 0.15) is 11.1 Å². The maximum Gasteiger partial charge on any atom is 0.0774 e. The number of benzene rings is 1. The minimum atomic E-state index is -1.23. The fourth-order valence-corrected chi connectivity index (χ4v) is 11.4. The van der Waals surface area contributed by atoms with Crippen LogP contribution in [0.2, 0.25) is 52.4 Å². The molecule has 2 rings (SSSR count). The molecule has 0 spiro atoms. The van der Waals surface area contributed by atoms with Gasteiger partial charge in [-0.25, -0.2) is 0 Å². The van der Waals surface area contributed by atoms with Gasteiger partial charge in [0.15, 0.2) is 0 Å². The van der Waals surface area contributed by atoms with E-state index in [0.29, 0.717) is 0 Å². The maximum absolute atomic E-state index is 2.64. The van der Waals surface area contributed by atoms with Gasteiger partial charge >= 0.3 is 0 Å². The van der Waals surface area contributed by atoms with E-state index in [9.17, 15) is 0 Å². The van der Waals surface area contributed by atoms with Crippen molar-refractivity contribution in [3.05, 3.63) is 23.3 Å². The molecule has 0 aromatic heterocycles. The minimum absolute atomic E-state index is 0.978. The standard InChI is InChI=1S/C16H30Si3/c1-17(2,3)15-9-13-11-19(7,8)12-14(13)10-16(15)18(4,5)6/h9-10H,11-12H2,1-8H3. The average Bonchev–Trinajstić information content (AvgIpc) is 2.45. The lowest BCUT2D eigenvalue weighted by Gasteiger charge is -2.29. The molecule has 0 fully saturated rings. The topological polar surface area (TPSA) is 0 Å². The Hall–Kier alpha value is -0.129. The smallest absolute Gasteiger partial charge is 0.0689 e. The van der Waals surface area contributed by atoms with Crippen LogP contribution in [0, 0.1) is 0 Å². The summed E-state index contributed by atoms with van der Waals surface area (Å²) in [6.45, 7) is 20.2. The van der Waals surface area contributed by atoms with Gasteiger partial charge in [-0.15, -0.1) is 0 Å². The molecule has 106 valence electrons. The van der Waals surface area contributed by atoms with Crippen molar-refractivity contribution >= 4 is 34.6 Å². The molecule has 19 heavy (non-hydrogen) atoms. The molecule has 0 saturated heterocycles. The predicted molar refractivity (Wildman–Crippen MR) is 97.3 cm³/mol. The lowest BCUT2D eigenvalue weighted by molar-refractivity contribution is 1.36.